The highest BCUT2D eigenvalue weighted by atomic mass is 32.1. The highest BCUT2D eigenvalue weighted by molar-refractivity contribution is 7.80. The van der Waals surface area contributed by atoms with Crippen molar-refractivity contribution in [3.05, 3.63) is 35.9 Å². The van der Waals surface area contributed by atoms with Crippen molar-refractivity contribution in [2.75, 3.05) is 20.8 Å². The molecule has 242 valence electrons. The highest BCUT2D eigenvalue weighted by Gasteiger charge is 2.48. The van der Waals surface area contributed by atoms with Gasteiger partial charge >= 0.3 is 14.0 Å². The van der Waals surface area contributed by atoms with E-state index in [1.807, 2.05) is 18.2 Å². The number of benzene rings is 1. The molecule has 1 aliphatic carbocycles. The lowest BCUT2D eigenvalue weighted by molar-refractivity contribution is -0.0316. The van der Waals surface area contributed by atoms with Crippen LogP contribution in [0.4, 0.5) is 4.79 Å². The molecule has 0 radical (unpaired) electrons. The molecule has 9 nitrogen and oxygen atoms in total. The van der Waals surface area contributed by atoms with Crippen molar-refractivity contribution >= 4 is 31.2 Å². The SMILES string of the molecule is CC#CC#CC#CC#CC#CC#CC#CC#CC#CC#CC(=S)N[C@@H]1C[C@H](COC(=O)OCc2ccccc2)C(OP(=O)(O)OC)[C@@H]1OC. The van der Waals surface area contributed by atoms with Gasteiger partial charge in [0, 0.05) is 32.0 Å². The molecule has 2 rings (SSSR count). The van der Waals surface area contributed by atoms with Crippen LogP contribution in [0.15, 0.2) is 30.3 Å². The number of carbonyl (C=O) groups excluding carboxylic acids is 1. The van der Waals surface area contributed by atoms with E-state index in [1.165, 1.54) is 7.11 Å². The van der Waals surface area contributed by atoms with Crippen LogP contribution in [0, 0.1) is 124 Å². The third-order valence-corrected chi connectivity index (χ3v) is 6.99. The molecule has 5 atom stereocenters. The van der Waals surface area contributed by atoms with Crippen LogP contribution in [-0.4, -0.2) is 55.1 Å². The molecule has 0 saturated heterocycles. The van der Waals surface area contributed by atoms with Gasteiger partial charge in [0.25, 0.3) is 0 Å². The number of thiocarbonyl (C=S) groups is 1. The maximum atomic E-state index is 12.3. The van der Waals surface area contributed by atoms with Crippen molar-refractivity contribution in [3.8, 4) is 118 Å². The van der Waals surface area contributed by atoms with E-state index in [9.17, 15) is 14.3 Å². The molecule has 1 aromatic carbocycles. The normalized spacial score (nSPS) is 16.9. The lowest BCUT2D eigenvalue weighted by atomic mass is 10.1. The molecule has 0 amide bonds. The van der Waals surface area contributed by atoms with Gasteiger partial charge in [0.05, 0.1) is 6.04 Å². The number of phosphoric ester groups is 1. The number of hydrogen-bond donors (Lipinski definition) is 2. The maximum Gasteiger partial charge on any atom is 0.508 e. The Morgan fingerprint density at radius 1 is 0.816 bits per heavy atom. The van der Waals surface area contributed by atoms with Gasteiger partial charge in [-0.05, 0) is 120 Å². The first kappa shape index (κ1) is 39.2. The first-order chi connectivity index (χ1) is 23.8. The van der Waals surface area contributed by atoms with Crippen LogP contribution in [0.3, 0.4) is 0 Å². The summed E-state index contributed by atoms with van der Waals surface area (Å²) in [7, 11) is -1.99. The van der Waals surface area contributed by atoms with Gasteiger partial charge in [-0.15, -0.1) is 0 Å². The summed E-state index contributed by atoms with van der Waals surface area (Å²) in [5, 5.41) is 3.03. The molecular weight excluding hydrogens is 661 g/mol. The zero-order valence-electron chi connectivity index (χ0n) is 26.5. The van der Waals surface area contributed by atoms with Gasteiger partial charge in [0.15, 0.2) is 4.99 Å². The van der Waals surface area contributed by atoms with Gasteiger partial charge in [0.1, 0.15) is 25.4 Å². The quantitative estimate of drug-likeness (QED) is 0.174. The van der Waals surface area contributed by atoms with Gasteiger partial charge in [-0.25, -0.2) is 9.36 Å². The maximum absolute atomic E-state index is 12.3. The molecule has 0 aliphatic heterocycles. The molecule has 2 N–H and O–H groups in total. The van der Waals surface area contributed by atoms with Crippen LogP contribution >= 0.6 is 20.0 Å². The molecule has 11 heteroatoms. The average Bonchev–Trinajstić information content (AvgIpc) is 3.41. The second kappa shape index (κ2) is 23.4. The summed E-state index contributed by atoms with van der Waals surface area (Å²) in [5.41, 5.74) is 0.783. The number of carbonyl (C=O) groups is 1. The van der Waals surface area contributed by atoms with E-state index < -0.39 is 38.1 Å². The molecule has 1 saturated carbocycles. The van der Waals surface area contributed by atoms with Gasteiger partial charge in [-0.3, -0.25) is 9.05 Å². The first-order valence-corrected chi connectivity index (χ1v) is 15.9. The number of phosphoric acid groups is 1. The summed E-state index contributed by atoms with van der Waals surface area (Å²) in [6, 6.07) is 8.55. The van der Waals surface area contributed by atoms with Crippen molar-refractivity contribution < 1.29 is 37.5 Å². The molecule has 2 unspecified atom stereocenters. The van der Waals surface area contributed by atoms with Gasteiger partial charge < -0.3 is 24.4 Å². The zero-order valence-corrected chi connectivity index (χ0v) is 28.2. The monoisotopic (exact) mass is 687 g/mol. The van der Waals surface area contributed by atoms with E-state index in [2.05, 4.69) is 128 Å². The summed E-state index contributed by atoms with van der Waals surface area (Å²) < 4.78 is 38.2. The van der Waals surface area contributed by atoms with Crippen LogP contribution in [0.2, 0.25) is 0 Å². The van der Waals surface area contributed by atoms with E-state index in [0.717, 1.165) is 12.7 Å². The van der Waals surface area contributed by atoms with Crippen molar-refractivity contribution in [1.82, 2.24) is 5.32 Å². The molecule has 0 spiro atoms. The number of rotatable bonds is 9. The predicted octanol–water partition coefficient (Wildman–Crippen LogP) is 2.85. The molecule has 1 aliphatic rings. The third-order valence-electron chi connectivity index (χ3n) is 5.79. The van der Waals surface area contributed by atoms with E-state index in [4.69, 9.17) is 31.0 Å². The summed E-state index contributed by atoms with van der Waals surface area (Å²) >= 11 is 5.32. The number of nitrogens with one attached hydrogen (secondary N) is 1. The molecule has 0 heterocycles. The van der Waals surface area contributed by atoms with Gasteiger partial charge in [0.2, 0.25) is 0 Å². The molecule has 1 aromatic rings. The fraction of sp³-hybridized carbons (Fsp3) is 0.263. The zero-order chi connectivity index (χ0) is 35.6. The second-order valence-corrected chi connectivity index (χ2v) is 10.9. The lowest BCUT2D eigenvalue weighted by Gasteiger charge is -2.27. The molecule has 49 heavy (non-hydrogen) atoms. The summed E-state index contributed by atoms with van der Waals surface area (Å²) in [5.74, 6) is 50.0. The van der Waals surface area contributed by atoms with Crippen molar-refractivity contribution in [3.63, 3.8) is 0 Å². The van der Waals surface area contributed by atoms with E-state index >= 15 is 0 Å². The van der Waals surface area contributed by atoms with E-state index in [1.54, 1.807) is 19.1 Å². The second-order valence-electron chi connectivity index (χ2n) is 8.96. The van der Waals surface area contributed by atoms with Crippen molar-refractivity contribution in [1.29, 1.82) is 0 Å². The number of hydrogen-bond acceptors (Lipinski definition) is 8. The Labute approximate surface area is 292 Å². The Kier molecular flexibility index (Phi) is 18.7. The lowest BCUT2D eigenvalue weighted by Crippen LogP contribution is -2.44. The Morgan fingerprint density at radius 3 is 1.82 bits per heavy atom. The predicted molar refractivity (Wildman–Crippen MR) is 186 cm³/mol. The largest absolute Gasteiger partial charge is 0.508 e. The number of ether oxygens (including phenoxy) is 3. The van der Waals surface area contributed by atoms with Crippen molar-refractivity contribution in [2.45, 2.75) is 38.2 Å². The van der Waals surface area contributed by atoms with E-state index in [0.29, 0.717) is 0 Å². The smallest absolute Gasteiger partial charge is 0.434 e. The summed E-state index contributed by atoms with van der Waals surface area (Å²) in [6.45, 7) is 1.51. The Hall–Kier alpha value is -5.95. The fourth-order valence-corrected chi connectivity index (χ4v) is 4.71. The fourth-order valence-electron chi connectivity index (χ4n) is 3.83. The van der Waals surface area contributed by atoms with Crippen LogP contribution in [-0.2, 0) is 34.4 Å². The average molecular weight is 688 g/mol. The summed E-state index contributed by atoms with van der Waals surface area (Å²) in [6.07, 6.45) is -2.42. The minimum absolute atomic E-state index is 0.0194. The first-order valence-electron chi connectivity index (χ1n) is 14.0. The van der Waals surface area contributed by atoms with Crippen LogP contribution in [0.1, 0.15) is 18.9 Å². The van der Waals surface area contributed by atoms with E-state index in [-0.39, 0.29) is 24.6 Å². The molecule has 1 fully saturated rings. The topological polar surface area (TPSA) is 113 Å². The van der Waals surface area contributed by atoms with Gasteiger partial charge in [-0.1, -0.05) is 48.5 Å². The molecule has 0 aromatic heterocycles. The minimum Gasteiger partial charge on any atom is -0.434 e. The molecule has 0 bridgehead atoms. The minimum atomic E-state index is -4.43. The van der Waals surface area contributed by atoms with Crippen molar-refractivity contribution in [2.24, 2.45) is 5.92 Å². The standard InChI is InChI=1S/C38H26NO8PS/c1-4-5-6-7-8-9-10-11-12-13-14-15-16-17-18-19-20-21-25-28-35(49)39-34-29-33(36(37(34)43-2)47-48(41,42)44-3)31-46-38(40)45-30-32-26-23-22-24-27-32/h22-24,26-27,33-34,36-37H,29-31H2,1-3H3,(H,39,49)(H,41,42)/t33-,34-,36?,37-/m1/s1. The van der Waals surface area contributed by atoms with Crippen LogP contribution in [0.5, 0.6) is 0 Å². The molecular formula is C38H26NO8PS. The summed E-state index contributed by atoms with van der Waals surface area (Å²) in [4.78, 5) is 22.3. The Bertz CT molecular complexity index is 2070. The van der Waals surface area contributed by atoms with Crippen LogP contribution < -0.4 is 5.32 Å². The number of methoxy groups -OCH3 is 1. The highest BCUT2D eigenvalue weighted by Crippen LogP contribution is 2.48. The third kappa shape index (κ3) is 17.0. The van der Waals surface area contributed by atoms with Crippen LogP contribution in [0.25, 0.3) is 0 Å². The Balaban J connectivity index is 1.93. The Morgan fingerprint density at radius 2 is 1.33 bits per heavy atom. The van der Waals surface area contributed by atoms with Gasteiger partial charge in [-0.2, -0.15) is 0 Å².